The highest BCUT2D eigenvalue weighted by Gasteiger charge is 2.30. The van der Waals surface area contributed by atoms with Crippen molar-refractivity contribution in [3.63, 3.8) is 0 Å². The maximum Gasteiger partial charge on any atom is 0.123 e. The zero-order valence-electron chi connectivity index (χ0n) is 11.1. The van der Waals surface area contributed by atoms with Crippen molar-refractivity contribution in [2.75, 3.05) is 6.54 Å². The Morgan fingerprint density at radius 3 is 2.70 bits per heavy atom. The first-order valence-corrected chi connectivity index (χ1v) is 7.71. The summed E-state index contributed by atoms with van der Waals surface area (Å²) in [7, 11) is 0. The number of nitrogens with zero attached hydrogens (tertiary/aromatic N) is 2. The van der Waals surface area contributed by atoms with Gasteiger partial charge in [-0.1, -0.05) is 12.1 Å². The van der Waals surface area contributed by atoms with Crippen molar-refractivity contribution in [3.8, 4) is 0 Å². The first-order valence-electron chi connectivity index (χ1n) is 6.77. The maximum atomic E-state index is 12.9. The Bertz CT molecular complexity index is 540. The molecule has 0 bridgehead atoms. The Balaban J connectivity index is 1.65. The number of hydrogen-bond acceptors (Lipinski definition) is 4. The van der Waals surface area contributed by atoms with Gasteiger partial charge in [-0.05, 0) is 30.5 Å². The molecule has 2 aromatic rings. The summed E-state index contributed by atoms with van der Waals surface area (Å²) in [6.07, 6.45) is 1.77. The minimum Gasteiger partial charge on any atom is -0.387 e. The number of aliphatic hydroxyl groups is 1. The fraction of sp³-hybridized carbons (Fsp3) is 0.400. The summed E-state index contributed by atoms with van der Waals surface area (Å²) >= 11 is 1.59. The van der Waals surface area contributed by atoms with Crippen LogP contribution >= 0.6 is 11.3 Å². The van der Waals surface area contributed by atoms with Crippen molar-refractivity contribution < 1.29 is 9.50 Å². The fourth-order valence-corrected chi connectivity index (χ4v) is 2.87. The number of benzene rings is 1. The Morgan fingerprint density at radius 1 is 1.35 bits per heavy atom. The number of hydrogen-bond donors (Lipinski definition) is 1. The smallest absolute Gasteiger partial charge is 0.123 e. The predicted molar refractivity (Wildman–Crippen MR) is 76.9 cm³/mol. The predicted octanol–water partition coefficient (Wildman–Crippen LogP) is 2.98. The highest BCUT2D eigenvalue weighted by atomic mass is 32.1. The van der Waals surface area contributed by atoms with E-state index in [1.54, 1.807) is 23.5 Å². The molecule has 0 amide bonds. The molecule has 1 atom stereocenters. The molecule has 0 aliphatic heterocycles. The van der Waals surface area contributed by atoms with Crippen LogP contribution in [-0.4, -0.2) is 27.6 Å². The third-order valence-corrected chi connectivity index (χ3v) is 4.21. The van der Waals surface area contributed by atoms with Crippen LogP contribution in [0.15, 0.2) is 35.2 Å². The summed E-state index contributed by atoms with van der Waals surface area (Å²) in [6.45, 7) is 1.33. The Hall–Kier alpha value is -1.30. The summed E-state index contributed by atoms with van der Waals surface area (Å²) in [5.74, 6) is -0.275. The van der Waals surface area contributed by atoms with Crippen LogP contribution in [0.2, 0.25) is 0 Å². The Labute approximate surface area is 121 Å². The fourth-order valence-electron chi connectivity index (χ4n) is 2.32. The highest BCUT2D eigenvalue weighted by molar-refractivity contribution is 7.07. The van der Waals surface area contributed by atoms with Crippen LogP contribution in [0.4, 0.5) is 4.39 Å². The Morgan fingerprint density at radius 2 is 2.10 bits per heavy atom. The molecule has 1 heterocycles. The standard InChI is InChI=1S/C15H17FN2OS/c16-12-3-1-11(2-4-12)15(19)8-18(14-5-6-14)7-13-9-20-10-17-13/h1-4,9-10,14-15,19H,5-8H2/t15-/m1/s1. The van der Waals surface area contributed by atoms with E-state index in [4.69, 9.17) is 0 Å². The quantitative estimate of drug-likeness (QED) is 0.889. The first-order chi connectivity index (χ1) is 9.72. The lowest BCUT2D eigenvalue weighted by molar-refractivity contribution is 0.104. The molecule has 0 saturated heterocycles. The molecular weight excluding hydrogens is 275 g/mol. The molecule has 0 unspecified atom stereocenters. The van der Waals surface area contributed by atoms with Crippen LogP contribution < -0.4 is 0 Å². The van der Waals surface area contributed by atoms with Crippen LogP contribution in [0.25, 0.3) is 0 Å². The van der Waals surface area contributed by atoms with Crippen LogP contribution in [0.5, 0.6) is 0 Å². The molecule has 1 aromatic heterocycles. The molecule has 3 nitrogen and oxygen atoms in total. The molecule has 1 aromatic carbocycles. The van der Waals surface area contributed by atoms with Gasteiger partial charge in [0.05, 0.1) is 17.3 Å². The largest absolute Gasteiger partial charge is 0.387 e. The van der Waals surface area contributed by atoms with Gasteiger partial charge in [-0.3, -0.25) is 4.90 Å². The zero-order valence-corrected chi connectivity index (χ0v) is 11.9. The molecule has 5 heteroatoms. The van der Waals surface area contributed by atoms with Crippen molar-refractivity contribution in [2.45, 2.75) is 31.5 Å². The topological polar surface area (TPSA) is 36.4 Å². The van der Waals surface area contributed by atoms with E-state index in [-0.39, 0.29) is 5.82 Å². The van der Waals surface area contributed by atoms with Gasteiger partial charge in [0.15, 0.2) is 0 Å². The van der Waals surface area contributed by atoms with Crippen LogP contribution in [0.3, 0.4) is 0 Å². The molecule has 1 fully saturated rings. The third kappa shape index (κ3) is 3.42. The van der Waals surface area contributed by atoms with Crippen LogP contribution in [0.1, 0.15) is 30.2 Å². The number of halogens is 1. The second-order valence-corrected chi connectivity index (χ2v) is 5.93. The average Bonchev–Trinajstić information content (AvgIpc) is 3.17. The van der Waals surface area contributed by atoms with E-state index in [1.165, 1.54) is 25.0 Å². The molecule has 1 N–H and O–H groups in total. The number of aliphatic hydroxyl groups excluding tert-OH is 1. The molecule has 20 heavy (non-hydrogen) atoms. The lowest BCUT2D eigenvalue weighted by atomic mass is 10.1. The van der Waals surface area contributed by atoms with Crippen molar-refractivity contribution in [1.82, 2.24) is 9.88 Å². The van der Waals surface area contributed by atoms with Crippen molar-refractivity contribution in [2.24, 2.45) is 0 Å². The SMILES string of the molecule is O[C@H](CN(Cc1cscn1)C1CC1)c1ccc(F)cc1. The zero-order chi connectivity index (χ0) is 13.9. The van der Waals surface area contributed by atoms with Gasteiger partial charge in [-0.25, -0.2) is 9.37 Å². The summed E-state index contributed by atoms with van der Waals surface area (Å²) in [5.41, 5.74) is 3.64. The van der Waals surface area contributed by atoms with Crippen molar-refractivity contribution in [1.29, 1.82) is 0 Å². The van der Waals surface area contributed by atoms with E-state index in [1.807, 2.05) is 10.9 Å². The van der Waals surface area contributed by atoms with E-state index in [0.717, 1.165) is 17.8 Å². The number of rotatable bonds is 6. The molecular formula is C15H17FN2OS. The van der Waals surface area contributed by atoms with Gasteiger partial charge < -0.3 is 5.11 Å². The molecule has 1 aliphatic carbocycles. The van der Waals surface area contributed by atoms with Gasteiger partial charge >= 0.3 is 0 Å². The van der Waals surface area contributed by atoms with E-state index in [0.29, 0.717) is 12.6 Å². The van der Waals surface area contributed by atoms with Gasteiger partial charge in [0, 0.05) is 24.5 Å². The molecule has 3 rings (SSSR count). The average molecular weight is 292 g/mol. The lowest BCUT2D eigenvalue weighted by Crippen LogP contribution is -2.30. The summed E-state index contributed by atoms with van der Waals surface area (Å²) in [6, 6.07) is 6.62. The van der Waals surface area contributed by atoms with Gasteiger partial charge in [-0.2, -0.15) is 0 Å². The van der Waals surface area contributed by atoms with Crippen molar-refractivity contribution in [3.05, 3.63) is 52.2 Å². The third-order valence-electron chi connectivity index (χ3n) is 3.57. The molecule has 1 saturated carbocycles. The van der Waals surface area contributed by atoms with Crippen LogP contribution in [0, 0.1) is 5.82 Å². The van der Waals surface area contributed by atoms with Gasteiger partial charge in [0.2, 0.25) is 0 Å². The number of aromatic nitrogens is 1. The summed E-state index contributed by atoms with van der Waals surface area (Å²) in [4.78, 5) is 6.57. The lowest BCUT2D eigenvalue weighted by Gasteiger charge is -2.24. The van der Waals surface area contributed by atoms with Gasteiger partial charge in [0.1, 0.15) is 5.82 Å². The van der Waals surface area contributed by atoms with Gasteiger partial charge in [-0.15, -0.1) is 11.3 Å². The van der Waals surface area contributed by atoms with Crippen LogP contribution in [-0.2, 0) is 6.54 Å². The molecule has 106 valence electrons. The minimum atomic E-state index is -0.588. The highest BCUT2D eigenvalue weighted by Crippen LogP contribution is 2.30. The van der Waals surface area contributed by atoms with E-state index < -0.39 is 6.10 Å². The van der Waals surface area contributed by atoms with E-state index in [2.05, 4.69) is 9.88 Å². The van der Waals surface area contributed by atoms with Crippen molar-refractivity contribution >= 4 is 11.3 Å². The second-order valence-electron chi connectivity index (χ2n) is 5.21. The molecule has 0 radical (unpaired) electrons. The van der Waals surface area contributed by atoms with Gasteiger partial charge in [0.25, 0.3) is 0 Å². The number of thiazole rings is 1. The maximum absolute atomic E-state index is 12.9. The normalized spacial score (nSPS) is 16.6. The Kier molecular flexibility index (Phi) is 4.10. The monoisotopic (exact) mass is 292 g/mol. The second kappa shape index (κ2) is 5.99. The van der Waals surface area contributed by atoms with E-state index >= 15 is 0 Å². The summed E-state index contributed by atoms with van der Waals surface area (Å²) < 4.78 is 12.9. The minimum absolute atomic E-state index is 0.275. The summed E-state index contributed by atoms with van der Waals surface area (Å²) in [5, 5.41) is 12.3. The first kappa shape index (κ1) is 13.7. The molecule has 1 aliphatic rings. The molecule has 0 spiro atoms. The van der Waals surface area contributed by atoms with E-state index in [9.17, 15) is 9.50 Å².